The second-order valence-corrected chi connectivity index (χ2v) is 9.79. The lowest BCUT2D eigenvalue weighted by atomic mass is 10.1. The normalized spacial score (nSPS) is 15.4. The van der Waals surface area contributed by atoms with E-state index in [1.54, 1.807) is 25.1 Å². The number of carbonyl (C=O) groups is 3. The number of esters is 1. The molecule has 9 heteroatoms. The monoisotopic (exact) mass is 569 g/mol. The van der Waals surface area contributed by atoms with E-state index in [4.69, 9.17) is 14.2 Å². The molecule has 0 saturated carbocycles. The number of rotatable bonds is 8. The van der Waals surface area contributed by atoms with Crippen molar-refractivity contribution in [2.45, 2.75) is 26.5 Å². The van der Waals surface area contributed by atoms with Crippen molar-refractivity contribution in [1.82, 2.24) is 4.90 Å². The molecule has 4 rings (SSSR count). The Balaban J connectivity index is 1.57. The highest BCUT2D eigenvalue weighted by Gasteiger charge is 2.41. The number of benzene rings is 3. The average Bonchev–Trinajstić information content (AvgIpc) is 3.14. The van der Waals surface area contributed by atoms with Gasteiger partial charge in [-0.1, -0.05) is 42.5 Å². The molecular formula is C27H24BrNO6S. The number of fused-ring (bicyclic) bond motifs is 1. The largest absolute Gasteiger partial charge is 0.493 e. The molecule has 1 heterocycles. The Bertz CT molecular complexity index is 1370. The van der Waals surface area contributed by atoms with Crippen LogP contribution in [-0.2, 0) is 20.9 Å². The zero-order valence-electron chi connectivity index (χ0n) is 19.9. The van der Waals surface area contributed by atoms with Gasteiger partial charge in [-0.3, -0.25) is 14.5 Å². The van der Waals surface area contributed by atoms with E-state index in [9.17, 15) is 14.4 Å². The van der Waals surface area contributed by atoms with Gasteiger partial charge in [0.25, 0.3) is 11.1 Å². The topological polar surface area (TPSA) is 82.1 Å². The minimum Gasteiger partial charge on any atom is -0.493 e. The van der Waals surface area contributed by atoms with Crippen molar-refractivity contribution in [2.75, 3.05) is 13.7 Å². The van der Waals surface area contributed by atoms with Gasteiger partial charge in [0.1, 0.15) is 12.6 Å². The third-order valence-corrected chi connectivity index (χ3v) is 7.11. The Morgan fingerprint density at radius 3 is 2.64 bits per heavy atom. The molecule has 0 N–H and O–H groups in total. The fraction of sp³-hybridized carbons (Fsp3) is 0.222. The fourth-order valence-electron chi connectivity index (χ4n) is 3.86. The van der Waals surface area contributed by atoms with Crippen molar-refractivity contribution < 1.29 is 28.6 Å². The lowest BCUT2D eigenvalue weighted by Gasteiger charge is -2.19. The molecule has 1 saturated heterocycles. The molecule has 1 aliphatic rings. The second kappa shape index (κ2) is 11.2. The van der Waals surface area contributed by atoms with Crippen molar-refractivity contribution in [3.8, 4) is 11.5 Å². The Kier molecular flexibility index (Phi) is 8.01. The fourth-order valence-corrected chi connectivity index (χ4v) is 5.35. The SMILES string of the molecule is CCOC(=O)[C@H](C)N1C(=O)S/C(=C\c2cc(Br)c(OCc3cccc4ccccc34)c(OC)c2)C1=O. The minimum absolute atomic E-state index is 0.165. The minimum atomic E-state index is -1.01. The number of methoxy groups -OCH3 is 1. The molecule has 0 aromatic heterocycles. The van der Waals surface area contributed by atoms with E-state index in [0.29, 0.717) is 28.1 Å². The molecular weight excluding hydrogens is 546 g/mol. The molecule has 7 nitrogen and oxygen atoms in total. The van der Waals surface area contributed by atoms with Gasteiger partial charge in [-0.2, -0.15) is 0 Å². The first-order valence-electron chi connectivity index (χ1n) is 11.2. The Hall–Kier alpha value is -3.30. The van der Waals surface area contributed by atoms with Crippen LogP contribution in [0.4, 0.5) is 4.79 Å². The summed E-state index contributed by atoms with van der Waals surface area (Å²) in [4.78, 5) is 38.5. The maximum atomic E-state index is 12.9. The van der Waals surface area contributed by atoms with Crippen LogP contribution < -0.4 is 9.47 Å². The second-order valence-electron chi connectivity index (χ2n) is 7.94. The van der Waals surface area contributed by atoms with E-state index in [2.05, 4.69) is 34.1 Å². The molecule has 2 amide bonds. The van der Waals surface area contributed by atoms with E-state index >= 15 is 0 Å². The van der Waals surface area contributed by atoms with Crippen LogP contribution in [0.1, 0.15) is 25.0 Å². The van der Waals surface area contributed by atoms with Crippen LogP contribution in [0.3, 0.4) is 0 Å². The number of carbonyl (C=O) groups excluding carboxylic acids is 3. The Labute approximate surface area is 221 Å². The molecule has 3 aromatic carbocycles. The third kappa shape index (κ3) is 5.27. The zero-order chi connectivity index (χ0) is 25.8. The van der Waals surface area contributed by atoms with Gasteiger partial charge in [-0.15, -0.1) is 0 Å². The van der Waals surface area contributed by atoms with Crippen molar-refractivity contribution in [3.05, 3.63) is 75.1 Å². The summed E-state index contributed by atoms with van der Waals surface area (Å²) < 4.78 is 17.3. The lowest BCUT2D eigenvalue weighted by Crippen LogP contribution is -2.42. The summed E-state index contributed by atoms with van der Waals surface area (Å²) in [6, 6.07) is 16.7. The third-order valence-electron chi connectivity index (χ3n) is 5.64. The van der Waals surface area contributed by atoms with Gasteiger partial charge in [-0.25, -0.2) is 4.79 Å². The standard InChI is InChI=1S/C27H24BrNO6S/c1-4-34-26(31)16(2)29-25(30)23(36-27(29)32)14-17-12-21(28)24(22(13-17)33-3)35-15-19-10-7-9-18-8-5-6-11-20(18)19/h5-14,16H,4,15H2,1-3H3/b23-14-/t16-/m0/s1. The molecule has 36 heavy (non-hydrogen) atoms. The molecule has 0 unspecified atom stereocenters. The predicted octanol–water partition coefficient (Wildman–Crippen LogP) is 6.18. The summed E-state index contributed by atoms with van der Waals surface area (Å²) in [6.45, 7) is 3.64. The molecule has 1 fully saturated rings. The van der Waals surface area contributed by atoms with Gasteiger partial charge >= 0.3 is 5.97 Å². The molecule has 0 bridgehead atoms. The van der Waals surface area contributed by atoms with Gasteiger partial charge in [0.05, 0.1) is 23.1 Å². The quantitative estimate of drug-likeness (QED) is 0.236. The molecule has 3 aromatic rings. The van der Waals surface area contributed by atoms with Crippen LogP contribution in [0.25, 0.3) is 16.8 Å². The number of amides is 2. The molecule has 0 spiro atoms. The molecule has 0 radical (unpaired) electrons. The molecule has 1 aliphatic heterocycles. The van der Waals surface area contributed by atoms with Crippen LogP contribution in [0.15, 0.2) is 64.0 Å². The van der Waals surface area contributed by atoms with E-state index < -0.39 is 23.2 Å². The number of imide groups is 1. The number of hydrogen-bond acceptors (Lipinski definition) is 7. The summed E-state index contributed by atoms with van der Waals surface area (Å²) in [5.41, 5.74) is 1.67. The van der Waals surface area contributed by atoms with Gasteiger partial charge in [0, 0.05) is 0 Å². The number of ether oxygens (including phenoxy) is 3. The number of thioether (sulfide) groups is 1. The number of nitrogens with zero attached hydrogens (tertiary/aromatic N) is 1. The Morgan fingerprint density at radius 2 is 1.89 bits per heavy atom. The van der Waals surface area contributed by atoms with Gasteiger partial charge < -0.3 is 14.2 Å². The first kappa shape index (κ1) is 25.8. The molecule has 1 atom stereocenters. The summed E-state index contributed by atoms with van der Waals surface area (Å²) in [7, 11) is 1.53. The first-order valence-corrected chi connectivity index (χ1v) is 12.9. The molecule has 0 aliphatic carbocycles. The Morgan fingerprint density at radius 1 is 1.14 bits per heavy atom. The first-order chi connectivity index (χ1) is 17.3. The van der Waals surface area contributed by atoms with Gasteiger partial charge in [0.15, 0.2) is 11.5 Å². The number of hydrogen-bond donors (Lipinski definition) is 0. The van der Waals surface area contributed by atoms with E-state index in [1.165, 1.54) is 14.0 Å². The van der Waals surface area contributed by atoms with Gasteiger partial charge in [-0.05, 0) is 81.6 Å². The highest BCUT2D eigenvalue weighted by molar-refractivity contribution is 9.10. The van der Waals surface area contributed by atoms with Crippen LogP contribution in [0.2, 0.25) is 0 Å². The van der Waals surface area contributed by atoms with E-state index in [0.717, 1.165) is 33.0 Å². The van der Waals surface area contributed by atoms with Crippen LogP contribution in [0.5, 0.6) is 11.5 Å². The summed E-state index contributed by atoms with van der Waals surface area (Å²) in [6.07, 6.45) is 1.59. The maximum absolute atomic E-state index is 12.9. The highest BCUT2D eigenvalue weighted by Crippen LogP contribution is 2.40. The van der Waals surface area contributed by atoms with Crippen molar-refractivity contribution in [2.24, 2.45) is 0 Å². The van der Waals surface area contributed by atoms with Crippen molar-refractivity contribution in [1.29, 1.82) is 0 Å². The summed E-state index contributed by atoms with van der Waals surface area (Å²) in [5, 5.41) is 1.72. The van der Waals surface area contributed by atoms with Crippen LogP contribution in [-0.4, -0.2) is 41.8 Å². The average molecular weight is 570 g/mol. The van der Waals surface area contributed by atoms with Crippen molar-refractivity contribution in [3.63, 3.8) is 0 Å². The zero-order valence-corrected chi connectivity index (χ0v) is 22.4. The van der Waals surface area contributed by atoms with E-state index in [1.807, 2.05) is 24.3 Å². The lowest BCUT2D eigenvalue weighted by molar-refractivity contribution is -0.150. The molecule has 186 valence electrons. The smallest absolute Gasteiger partial charge is 0.329 e. The van der Waals surface area contributed by atoms with Crippen LogP contribution in [0, 0.1) is 0 Å². The highest BCUT2D eigenvalue weighted by atomic mass is 79.9. The predicted molar refractivity (Wildman–Crippen MR) is 143 cm³/mol. The van der Waals surface area contributed by atoms with E-state index in [-0.39, 0.29) is 11.5 Å². The number of halogens is 1. The summed E-state index contributed by atoms with van der Waals surface area (Å²) >= 11 is 4.32. The van der Waals surface area contributed by atoms with Crippen LogP contribution >= 0.6 is 27.7 Å². The van der Waals surface area contributed by atoms with Gasteiger partial charge in [0.2, 0.25) is 0 Å². The maximum Gasteiger partial charge on any atom is 0.329 e. The summed E-state index contributed by atoms with van der Waals surface area (Å²) in [5.74, 6) is -0.184. The van der Waals surface area contributed by atoms with Crippen molar-refractivity contribution >= 4 is 61.7 Å².